The van der Waals surface area contributed by atoms with Crippen molar-refractivity contribution in [3.63, 3.8) is 0 Å². The summed E-state index contributed by atoms with van der Waals surface area (Å²) in [7, 11) is 1.70. The lowest BCUT2D eigenvalue weighted by atomic mass is 9.93. The minimum absolute atomic E-state index is 0.0987. The molecule has 192 valence electrons. The van der Waals surface area contributed by atoms with Gasteiger partial charge in [0.05, 0.1) is 23.1 Å². The summed E-state index contributed by atoms with van der Waals surface area (Å²) in [4.78, 5) is 43.2. The number of carbonyl (C=O) groups excluding carboxylic acids is 2. The number of anilines is 1. The van der Waals surface area contributed by atoms with E-state index in [0.717, 1.165) is 63.4 Å². The van der Waals surface area contributed by atoms with Crippen LogP contribution < -0.4 is 9.64 Å². The first kappa shape index (κ1) is 24.7. The zero-order valence-corrected chi connectivity index (χ0v) is 20.9. The molecule has 1 saturated heterocycles. The number of nitro benzene ring substituents is 1. The second-order valence-corrected chi connectivity index (χ2v) is 9.44. The molecule has 0 aromatic heterocycles. The molecule has 0 atom stereocenters. The second-order valence-electron chi connectivity index (χ2n) is 9.44. The van der Waals surface area contributed by atoms with Crippen LogP contribution in [0.2, 0.25) is 0 Å². The molecule has 2 amide bonds. The van der Waals surface area contributed by atoms with Gasteiger partial charge in [-0.15, -0.1) is 0 Å². The predicted molar refractivity (Wildman–Crippen MR) is 141 cm³/mol. The number of ether oxygens (including phenoxy) is 1. The number of amides is 2. The van der Waals surface area contributed by atoms with Crippen LogP contribution in [-0.4, -0.2) is 72.9 Å². The van der Waals surface area contributed by atoms with Crippen molar-refractivity contribution in [3.05, 3.63) is 75.8 Å². The number of piperazine rings is 1. The Hall–Kier alpha value is -3.98. The quantitative estimate of drug-likeness (QED) is 0.186. The highest BCUT2D eigenvalue weighted by Crippen LogP contribution is 2.35. The van der Waals surface area contributed by atoms with Gasteiger partial charge in [-0.05, 0) is 49.7 Å². The van der Waals surface area contributed by atoms with Gasteiger partial charge in [-0.25, -0.2) is 0 Å². The lowest BCUT2D eigenvalue weighted by molar-refractivity contribution is -0.383. The van der Waals surface area contributed by atoms with Gasteiger partial charge in [0.2, 0.25) is 0 Å². The molecular weight excluding hydrogens is 472 g/mol. The first-order valence-corrected chi connectivity index (χ1v) is 12.7. The SMILES string of the molecule is COc1ccccc1N1CCN(CCCCCN2C(=O)c3cccc4c([N+](=O)[O-])ccc(c34)C2=O)CC1. The Morgan fingerprint density at radius 2 is 1.54 bits per heavy atom. The molecule has 2 aliphatic heterocycles. The zero-order chi connectivity index (χ0) is 25.9. The smallest absolute Gasteiger partial charge is 0.277 e. The topological polar surface area (TPSA) is 96.2 Å². The van der Waals surface area contributed by atoms with Crippen LogP contribution in [0.1, 0.15) is 40.0 Å². The molecule has 0 aliphatic carbocycles. The standard InChI is InChI=1S/C28H30N4O5/c1-37-25-11-4-3-10-24(25)30-18-16-29(17-19-30)14-5-2-6-15-31-27(33)21-9-7-8-20-23(32(35)36)13-12-22(26(20)21)28(31)34/h3-4,7-13H,2,5-6,14-19H2,1H3. The molecule has 37 heavy (non-hydrogen) atoms. The molecule has 3 aromatic carbocycles. The summed E-state index contributed by atoms with van der Waals surface area (Å²) in [6.45, 7) is 5.17. The van der Waals surface area contributed by atoms with Crippen molar-refractivity contribution in [2.45, 2.75) is 19.3 Å². The van der Waals surface area contributed by atoms with Gasteiger partial charge in [-0.3, -0.25) is 29.5 Å². The Balaban J connectivity index is 1.12. The van der Waals surface area contributed by atoms with Gasteiger partial charge in [-0.2, -0.15) is 0 Å². The minimum Gasteiger partial charge on any atom is -0.495 e. The van der Waals surface area contributed by atoms with Gasteiger partial charge in [0.25, 0.3) is 17.5 Å². The number of benzene rings is 3. The van der Waals surface area contributed by atoms with Gasteiger partial charge in [-0.1, -0.05) is 24.6 Å². The van der Waals surface area contributed by atoms with Crippen LogP contribution in [0.15, 0.2) is 54.6 Å². The van der Waals surface area contributed by atoms with E-state index in [0.29, 0.717) is 28.4 Å². The number of carbonyl (C=O) groups is 2. The number of non-ortho nitro benzene ring substituents is 1. The molecule has 0 unspecified atom stereocenters. The minimum atomic E-state index is -0.484. The van der Waals surface area contributed by atoms with Crippen LogP contribution in [0, 0.1) is 10.1 Å². The maximum atomic E-state index is 13.1. The van der Waals surface area contributed by atoms with Crippen molar-refractivity contribution in [2.75, 3.05) is 51.3 Å². The number of methoxy groups -OCH3 is 1. The highest BCUT2D eigenvalue weighted by atomic mass is 16.6. The molecule has 0 N–H and O–H groups in total. The Bertz CT molecular complexity index is 1330. The fourth-order valence-electron chi connectivity index (χ4n) is 5.38. The molecule has 5 rings (SSSR count). The zero-order valence-electron chi connectivity index (χ0n) is 20.9. The molecule has 2 heterocycles. The molecule has 9 nitrogen and oxygen atoms in total. The third kappa shape index (κ3) is 4.74. The Morgan fingerprint density at radius 1 is 0.838 bits per heavy atom. The fourth-order valence-corrected chi connectivity index (χ4v) is 5.38. The summed E-state index contributed by atoms with van der Waals surface area (Å²) in [5.41, 5.74) is 1.73. The molecule has 0 bridgehead atoms. The van der Waals surface area contributed by atoms with E-state index in [-0.39, 0.29) is 17.5 Å². The number of nitro groups is 1. The van der Waals surface area contributed by atoms with Crippen molar-refractivity contribution in [3.8, 4) is 5.75 Å². The lowest BCUT2D eigenvalue weighted by Crippen LogP contribution is -2.46. The van der Waals surface area contributed by atoms with E-state index < -0.39 is 4.92 Å². The average Bonchev–Trinajstić information content (AvgIpc) is 2.93. The number of nitrogens with zero attached hydrogens (tertiary/aromatic N) is 4. The summed E-state index contributed by atoms with van der Waals surface area (Å²) < 4.78 is 5.50. The van der Waals surface area contributed by atoms with E-state index in [9.17, 15) is 19.7 Å². The molecule has 0 spiro atoms. The molecular formula is C28H30N4O5. The predicted octanol–water partition coefficient (Wildman–Crippen LogP) is 4.35. The first-order valence-electron chi connectivity index (χ1n) is 12.7. The van der Waals surface area contributed by atoms with E-state index in [1.807, 2.05) is 18.2 Å². The molecule has 1 fully saturated rings. The molecule has 2 aliphatic rings. The van der Waals surface area contributed by atoms with Crippen LogP contribution in [0.5, 0.6) is 5.75 Å². The number of imide groups is 1. The van der Waals surface area contributed by atoms with Gasteiger partial charge in [0, 0.05) is 55.3 Å². The Kier molecular flexibility index (Phi) is 7.05. The van der Waals surface area contributed by atoms with Crippen LogP contribution in [-0.2, 0) is 0 Å². The van der Waals surface area contributed by atoms with Crippen LogP contribution >= 0.6 is 0 Å². The van der Waals surface area contributed by atoms with E-state index >= 15 is 0 Å². The summed E-state index contributed by atoms with van der Waals surface area (Å²) in [6.07, 6.45) is 2.61. The Morgan fingerprint density at radius 3 is 2.27 bits per heavy atom. The first-order chi connectivity index (χ1) is 18.0. The second kappa shape index (κ2) is 10.6. The van der Waals surface area contributed by atoms with E-state index in [4.69, 9.17) is 4.74 Å². The number of unbranched alkanes of at least 4 members (excludes halogenated alkanes) is 2. The van der Waals surface area contributed by atoms with Gasteiger partial charge in [0.1, 0.15) is 5.75 Å². The Labute approximate surface area is 215 Å². The van der Waals surface area contributed by atoms with Gasteiger partial charge >= 0.3 is 0 Å². The maximum Gasteiger partial charge on any atom is 0.277 e. The summed E-state index contributed by atoms with van der Waals surface area (Å²) in [5, 5.41) is 12.1. The van der Waals surface area contributed by atoms with Crippen LogP contribution in [0.3, 0.4) is 0 Å². The third-order valence-electron chi connectivity index (χ3n) is 7.32. The number of hydrogen-bond donors (Lipinski definition) is 0. The van der Waals surface area contributed by atoms with Crippen LogP contribution in [0.4, 0.5) is 11.4 Å². The largest absolute Gasteiger partial charge is 0.495 e. The van der Waals surface area contributed by atoms with E-state index in [1.54, 1.807) is 25.3 Å². The summed E-state index contributed by atoms with van der Waals surface area (Å²) in [5.74, 6) is 0.141. The molecule has 0 saturated carbocycles. The van der Waals surface area contributed by atoms with Crippen molar-refractivity contribution >= 4 is 34.0 Å². The van der Waals surface area contributed by atoms with Gasteiger partial charge in [0.15, 0.2) is 0 Å². The number of hydrogen-bond acceptors (Lipinski definition) is 7. The molecule has 0 radical (unpaired) electrons. The highest BCUT2D eigenvalue weighted by Gasteiger charge is 2.34. The fraction of sp³-hybridized carbons (Fsp3) is 0.357. The number of rotatable bonds is 9. The normalized spacial score (nSPS) is 15.9. The summed E-state index contributed by atoms with van der Waals surface area (Å²) >= 11 is 0. The van der Waals surface area contributed by atoms with Gasteiger partial charge < -0.3 is 9.64 Å². The van der Waals surface area contributed by atoms with Crippen LogP contribution in [0.25, 0.3) is 10.8 Å². The van der Waals surface area contributed by atoms with Crippen molar-refractivity contribution < 1.29 is 19.2 Å². The molecule has 3 aromatic rings. The lowest BCUT2D eigenvalue weighted by Gasteiger charge is -2.36. The molecule has 9 heteroatoms. The van der Waals surface area contributed by atoms with Crippen molar-refractivity contribution in [1.82, 2.24) is 9.80 Å². The third-order valence-corrected chi connectivity index (χ3v) is 7.32. The van der Waals surface area contributed by atoms with Crippen molar-refractivity contribution in [1.29, 1.82) is 0 Å². The van der Waals surface area contributed by atoms with E-state index in [2.05, 4.69) is 15.9 Å². The van der Waals surface area contributed by atoms with Crippen molar-refractivity contribution in [2.24, 2.45) is 0 Å². The highest BCUT2D eigenvalue weighted by molar-refractivity contribution is 6.26. The number of para-hydroxylation sites is 2. The average molecular weight is 503 g/mol. The van der Waals surface area contributed by atoms with E-state index in [1.165, 1.54) is 17.0 Å². The summed E-state index contributed by atoms with van der Waals surface area (Å²) in [6, 6.07) is 15.8. The monoisotopic (exact) mass is 502 g/mol. The maximum absolute atomic E-state index is 13.1.